The highest BCUT2D eigenvalue weighted by molar-refractivity contribution is 7.26. The minimum atomic E-state index is -0.00302. The Balaban J connectivity index is 1.15. The predicted molar refractivity (Wildman–Crippen MR) is 241 cm³/mol. The largest absolute Gasteiger partial charge is 0.319 e. The molecule has 4 heteroatoms. The van der Waals surface area contributed by atoms with Gasteiger partial charge < -0.3 is 4.90 Å². The molecule has 266 valence electrons. The first-order valence-corrected chi connectivity index (χ1v) is 20.3. The summed E-state index contributed by atoms with van der Waals surface area (Å²) in [5.74, 6) is 0. The zero-order chi connectivity index (χ0) is 37.5. The van der Waals surface area contributed by atoms with Gasteiger partial charge in [-0.25, -0.2) is 0 Å². The van der Waals surface area contributed by atoms with E-state index in [1.54, 1.807) is 0 Å². The molecule has 3 nitrogen and oxygen atoms in total. The van der Waals surface area contributed by atoms with Gasteiger partial charge in [0.1, 0.15) is 11.7 Å². The number of rotatable bonds is 3. The van der Waals surface area contributed by atoms with Crippen molar-refractivity contribution in [2.24, 2.45) is 0 Å². The number of anilines is 2. The van der Waals surface area contributed by atoms with Gasteiger partial charge in [-0.3, -0.25) is 4.98 Å². The lowest BCUT2D eigenvalue weighted by molar-refractivity contribution is 0.897. The molecule has 0 saturated carbocycles. The predicted octanol–water partition coefficient (Wildman–Crippen LogP) is 14.0. The Morgan fingerprint density at radius 2 is 1.23 bits per heavy atom. The van der Waals surface area contributed by atoms with E-state index in [-0.39, 0.29) is 6.04 Å². The highest BCUT2D eigenvalue weighted by Crippen LogP contribution is 2.53. The van der Waals surface area contributed by atoms with Crippen LogP contribution in [-0.2, 0) is 0 Å². The van der Waals surface area contributed by atoms with Crippen molar-refractivity contribution in [1.29, 1.82) is 0 Å². The maximum atomic E-state index is 5.22. The van der Waals surface area contributed by atoms with Crippen LogP contribution in [0.2, 0.25) is 0 Å². The summed E-state index contributed by atoms with van der Waals surface area (Å²) in [4.78, 5) is 7.72. The number of hydrogen-bond acceptors (Lipinski definition) is 3. The molecular weight excluding hydrogens is 711 g/mol. The molecule has 1 atom stereocenters. The van der Waals surface area contributed by atoms with Crippen LogP contribution in [0.25, 0.3) is 75.9 Å². The van der Waals surface area contributed by atoms with Gasteiger partial charge in [0.25, 0.3) is 0 Å². The summed E-state index contributed by atoms with van der Waals surface area (Å²) in [6.07, 6.45) is 10.9. The normalized spacial score (nSPS) is 14.9. The molecular formula is C53H34N3S+. The molecule has 0 fully saturated rings. The van der Waals surface area contributed by atoms with Crippen molar-refractivity contribution in [3.05, 3.63) is 200 Å². The molecule has 3 aliphatic rings. The quantitative estimate of drug-likeness (QED) is 0.168. The molecule has 3 heterocycles. The molecule has 12 rings (SSSR count). The van der Waals surface area contributed by atoms with E-state index < -0.39 is 0 Å². The van der Waals surface area contributed by atoms with E-state index in [4.69, 9.17) is 4.98 Å². The van der Waals surface area contributed by atoms with Gasteiger partial charge in [-0.05, 0) is 75.3 Å². The Bertz CT molecular complexity index is 3190. The van der Waals surface area contributed by atoms with Gasteiger partial charge in [0.05, 0.1) is 5.69 Å². The third-order valence-corrected chi connectivity index (χ3v) is 13.0. The van der Waals surface area contributed by atoms with Crippen LogP contribution in [0, 0.1) is 0 Å². The molecule has 2 aromatic heterocycles. The second-order valence-electron chi connectivity index (χ2n) is 14.9. The smallest absolute Gasteiger partial charge is 0.236 e. The Morgan fingerprint density at radius 1 is 0.526 bits per heavy atom. The van der Waals surface area contributed by atoms with Gasteiger partial charge in [-0.2, -0.15) is 4.58 Å². The van der Waals surface area contributed by atoms with Crippen molar-refractivity contribution in [3.63, 3.8) is 0 Å². The number of aromatic nitrogens is 1. The molecule has 57 heavy (non-hydrogen) atoms. The van der Waals surface area contributed by atoms with Crippen LogP contribution in [-0.4, -0.2) is 16.7 Å². The number of nitrogens with zero attached hydrogens (tertiary/aromatic N) is 3. The van der Waals surface area contributed by atoms with Crippen molar-refractivity contribution in [1.82, 2.24) is 9.56 Å². The van der Waals surface area contributed by atoms with Gasteiger partial charge in [-0.15, -0.1) is 11.3 Å². The fourth-order valence-corrected chi connectivity index (χ4v) is 10.5. The average molecular weight is 745 g/mol. The van der Waals surface area contributed by atoms with E-state index >= 15 is 0 Å². The lowest BCUT2D eigenvalue weighted by atomic mass is 9.81. The third-order valence-electron chi connectivity index (χ3n) is 11.8. The number of para-hydroxylation sites is 2. The fourth-order valence-electron chi connectivity index (χ4n) is 9.29. The molecule has 0 bridgehead atoms. The molecule has 9 aromatic rings. The fraction of sp³-hybridized carbons (Fsp3) is 0.0189. The van der Waals surface area contributed by atoms with Crippen LogP contribution >= 0.6 is 11.3 Å². The molecule has 0 spiro atoms. The topological polar surface area (TPSA) is 19.1 Å². The summed E-state index contributed by atoms with van der Waals surface area (Å²) >= 11 is 1.88. The van der Waals surface area contributed by atoms with E-state index in [1.807, 2.05) is 17.5 Å². The van der Waals surface area contributed by atoms with Crippen molar-refractivity contribution < 1.29 is 0 Å². The average Bonchev–Trinajstić information content (AvgIpc) is 3.67. The summed E-state index contributed by atoms with van der Waals surface area (Å²) < 4.78 is 5.09. The van der Waals surface area contributed by atoms with E-state index in [1.165, 1.54) is 59.3 Å². The summed E-state index contributed by atoms with van der Waals surface area (Å²) in [6.45, 7) is 0. The molecule has 0 radical (unpaired) electrons. The van der Waals surface area contributed by atoms with Crippen molar-refractivity contribution in [3.8, 4) is 55.8 Å². The van der Waals surface area contributed by atoms with Crippen LogP contribution in [0.15, 0.2) is 200 Å². The van der Waals surface area contributed by atoms with E-state index in [2.05, 4.69) is 204 Å². The second kappa shape index (κ2) is 12.7. The van der Waals surface area contributed by atoms with E-state index in [0.717, 1.165) is 45.1 Å². The number of hydrogen-bond donors (Lipinski definition) is 0. The minimum Gasteiger partial charge on any atom is -0.319 e. The zero-order valence-corrected chi connectivity index (χ0v) is 31.7. The summed E-state index contributed by atoms with van der Waals surface area (Å²) in [5, 5.41) is 2.62. The minimum absolute atomic E-state index is 0.00302. The van der Waals surface area contributed by atoms with Crippen LogP contribution < -0.4 is 9.48 Å². The van der Waals surface area contributed by atoms with Gasteiger partial charge in [0.2, 0.25) is 17.1 Å². The monoisotopic (exact) mass is 744 g/mol. The third kappa shape index (κ3) is 4.91. The highest BCUT2D eigenvalue weighted by atomic mass is 32.1. The van der Waals surface area contributed by atoms with Gasteiger partial charge in [0.15, 0.2) is 0 Å². The van der Waals surface area contributed by atoms with Crippen LogP contribution in [0.4, 0.5) is 22.7 Å². The Morgan fingerprint density at radius 3 is 2.09 bits per heavy atom. The highest BCUT2D eigenvalue weighted by Gasteiger charge is 2.41. The molecule has 7 aromatic carbocycles. The first-order valence-electron chi connectivity index (χ1n) is 19.5. The molecule has 2 aliphatic carbocycles. The van der Waals surface area contributed by atoms with Crippen molar-refractivity contribution in [2.45, 2.75) is 6.04 Å². The van der Waals surface area contributed by atoms with Crippen molar-refractivity contribution in [2.75, 3.05) is 4.90 Å². The standard InChI is InChI=1S/C53H34N3S/c1-3-15-35(16-4-1)55-47-25-10-11-26-48(47)56(36-17-5-2-6-18-36)50-33-46-45(32-49(50)55)39-20-8-7-19-38(39)44-31-34(28-29-40(44)42-24-14-30-54-52(42)46)37-22-13-23-43-41-21-9-12-27-51(41)57-53(37)43/h1-33,48H/q+1. The molecule has 1 aliphatic heterocycles. The first kappa shape index (κ1) is 32.1. The molecule has 1 unspecified atom stereocenters. The summed E-state index contributed by atoms with van der Waals surface area (Å²) in [7, 11) is 0. The first-order chi connectivity index (χ1) is 28.3. The number of allylic oxidation sites excluding steroid dienone is 2. The van der Waals surface area contributed by atoms with E-state index in [9.17, 15) is 0 Å². The lowest BCUT2D eigenvalue weighted by Gasteiger charge is -2.36. The Labute approximate surface area is 335 Å². The molecule has 0 saturated heterocycles. The van der Waals surface area contributed by atoms with Crippen LogP contribution in [0.3, 0.4) is 0 Å². The molecule has 0 N–H and O–H groups in total. The van der Waals surface area contributed by atoms with Gasteiger partial charge >= 0.3 is 0 Å². The van der Waals surface area contributed by atoms with Crippen LogP contribution in [0.1, 0.15) is 0 Å². The van der Waals surface area contributed by atoms with Gasteiger partial charge in [-0.1, -0.05) is 133 Å². The number of benzene rings is 7. The maximum Gasteiger partial charge on any atom is 0.236 e. The number of thiophene rings is 1. The number of pyridine rings is 1. The zero-order valence-electron chi connectivity index (χ0n) is 30.9. The second-order valence-corrected chi connectivity index (χ2v) is 15.9. The summed E-state index contributed by atoms with van der Waals surface area (Å²) in [6, 6.07) is 62.2. The van der Waals surface area contributed by atoms with Gasteiger partial charge in [0, 0.05) is 67.5 Å². The summed E-state index contributed by atoms with van der Waals surface area (Å²) in [5.41, 5.74) is 17.4. The molecule has 0 amide bonds. The maximum absolute atomic E-state index is 5.22. The number of fused-ring (bicyclic) bond motifs is 13. The Hall–Kier alpha value is -7.14. The van der Waals surface area contributed by atoms with E-state index in [0.29, 0.717) is 0 Å². The Kier molecular flexibility index (Phi) is 7.16. The lowest BCUT2D eigenvalue weighted by Crippen LogP contribution is -2.44. The van der Waals surface area contributed by atoms with Crippen molar-refractivity contribution >= 4 is 60.0 Å². The SMILES string of the molecule is C1=CC2=[N+](c3ccccc3)c3cc4c(cc3N(c3ccccc3)C2C=C1)-c1ncccc1-c1ccc(-c2cccc3c2sc2ccccc23)cc1-c1ccccc1-4. The van der Waals surface area contributed by atoms with Crippen LogP contribution in [0.5, 0.6) is 0 Å².